The molecule has 0 heterocycles. The van der Waals surface area contributed by atoms with Crippen LogP contribution in [0.25, 0.3) is 0 Å². The zero-order chi connectivity index (χ0) is 22.0. The molecule has 0 saturated heterocycles. The molecule has 0 aliphatic heterocycles. The Labute approximate surface area is 185 Å². The van der Waals surface area contributed by atoms with Gasteiger partial charge < -0.3 is 20.6 Å². The van der Waals surface area contributed by atoms with Crippen molar-refractivity contribution in [2.45, 2.75) is 20.8 Å². The number of rotatable bonds is 6. The molecule has 0 bridgehead atoms. The lowest BCUT2D eigenvalue weighted by Gasteiger charge is -2.13. The number of benzene rings is 2. The summed E-state index contributed by atoms with van der Waals surface area (Å²) in [5.41, 5.74) is 0.188. The van der Waals surface area contributed by atoms with Crippen LogP contribution in [-0.2, 0) is 0 Å². The van der Waals surface area contributed by atoms with E-state index in [1.807, 2.05) is 0 Å². The fraction of sp³-hybridized carbons (Fsp3) is 0.300. The third kappa shape index (κ3) is 8.11. The number of carboxylic acid groups (broad SMARTS) is 1. The lowest BCUT2D eigenvalue weighted by atomic mass is 10.2. The van der Waals surface area contributed by atoms with Crippen molar-refractivity contribution in [2.24, 2.45) is 0 Å². The van der Waals surface area contributed by atoms with Crippen LogP contribution in [0.1, 0.15) is 31.1 Å². The molecule has 158 valence electrons. The van der Waals surface area contributed by atoms with Crippen LogP contribution in [0, 0.1) is 0 Å². The molecular weight excluding hydrogens is 437 g/mol. The van der Waals surface area contributed by atoms with Gasteiger partial charge in [-0.25, -0.2) is 9.59 Å². The summed E-state index contributed by atoms with van der Waals surface area (Å²) in [5, 5.41) is 14.8. The van der Waals surface area contributed by atoms with Gasteiger partial charge in [-0.1, -0.05) is 61.6 Å². The second-order valence-electron chi connectivity index (χ2n) is 5.79. The van der Waals surface area contributed by atoms with Crippen LogP contribution >= 0.6 is 34.8 Å². The van der Waals surface area contributed by atoms with E-state index in [2.05, 4.69) is 36.3 Å². The van der Waals surface area contributed by atoms with Gasteiger partial charge in [-0.2, -0.15) is 0 Å². The molecule has 0 fully saturated rings. The first-order valence-electron chi connectivity index (χ1n) is 9.00. The minimum absolute atomic E-state index is 0.0562. The van der Waals surface area contributed by atoms with Crippen molar-refractivity contribution >= 4 is 58.2 Å². The largest absolute Gasteiger partial charge is 0.478 e. The van der Waals surface area contributed by atoms with Gasteiger partial charge in [0.1, 0.15) is 0 Å². The standard InChI is InChI=1S/C14H9Cl3N2O3.C6H15N/c15-7-4-5-8(13(20)21)11(6-7)18-14(22)19-12-9(16)2-1-3-10(12)17;1-4-7(5-2)6-3/h1-6H,(H,20,21)(H2,18,19,22);4-6H2,1-3H3. The molecule has 3 N–H and O–H groups in total. The van der Waals surface area contributed by atoms with Gasteiger partial charge >= 0.3 is 12.0 Å². The van der Waals surface area contributed by atoms with E-state index >= 15 is 0 Å². The highest BCUT2D eigenvalue weighted by Gasteiger charge is 2.15. The molecule has 0 saturated carbocycles. The second kappa shape index (κ2) is 12.5. The number of urea groups is 1. The Morgan fingerprint density at radius 1 is 0.931 bits per heavy atom. The summed E-state index contributed by atoms with van der Waals surface area (Å²) < 4.78 is 0. The molecule has 0 atom stereocenters. The molecule has 0 unspecified atom stereocenters. The van der Waals surface area contributed by atoms with E-state index in [0.717, 1.165) is 0 Å². The van der Waals surface area contributed by atoms with Crippen molar-refractivity contribution in [3.63, 3.8) is 0 Å². The maximum absolute atomic E-state index is 12.0. The van der Waals surface area contributed by atoms with E-state index in [9.17, 15) is 9.59 Å². The van der Waals surface area contributed by atoms with E-state index in [1.54, 1.807) is 18.2 Å². The molecule has 6 nitrogen and oxygen atoms in total. The summed E-state index contributed by atoms with van der Waals surface area (Å²) >= 11 is 17.7. The molecule has 2 rings (SSSR count). The average molecular weight is 461 g/mol. The highest BCUT2D eigenvalue weighted by atomic mass is 35.5. The molecule has 0 aliphatic carbocycles. The highest BCUT2D eigenvalue weighted by molar-refractivity contribution is 6.39. The van der Waals surface area contributed by atoms with Crippen LogP contribution < -0.4 is 10.6 Å². The number of carbonyl (C=O) groups is 2. The summed E-state index contributed by atoms with van der Waals surface area (Å²) in [6.07, 6.45) is 0. The average Bonchev–Trinajstić information content (AvgIpc) is 2.66. The van der Waals surface area contributed by atoms with Gasteiger partial charge in [0, 0.05) is 5.02 Å². The Kier molecular flexibility index (Phi) is 10.8. The van der Waals surface area contributed by atoms with Crippen molar-refractivity contribution in [3.8, 4) is 0 Å². The Hall–Kier alpha value is -1.99. The molecule has 0 aromatic heterocycles. The summed E-state index contributed by atoms with van der Waals surface area (Å²) in [6, 6.07) is 8.10. The summed E-state index contributed by atoms with van der Waals surface area (Å²) in [6.45, 7) is 10.1. The van der Waals surface area contributed by atoms with Crippen molar-refractivity contribution in [2.75, 3.05) is 30.3 Å². The predicted octanol–water partition coefficient (Wildman–Crippen LogP) is 6.34. The van der Waals surface area contributed by atoms with Gasteiger partial charge in [-0.15, -0.1) is 0 Å². The van der Waals surface area contributed by atoms with E-state index in [1.165, 1.54) is 37.8 Å². The molecule has 0 spiro atoms. The molecule has 2 amide bonds. The summed E-state index contributed by atoms with van der Waals surface area (Å²) in [7, 11) is 0. The maximum atomic E-state index is 12.0. The third-order valence-electron chi connectivity index (χ3n) is 4.00. The number of nitrogens with zero attached hydrogens (tertiary/aromatic N) is 1. The lowest BCUT2D eigenvalue weighted by Crippen LogP contribution is -2.21. The van der Waals surface area contributed by atoms with Gasteiger partial charge in [0.05, 0.1) is 27.0 Å². The number of aromatic carboxylic acids is 1. The first-order valence-corrected chi connectivity index (χ1v) is 10.1. The number of nitrogens with one attached hydrogen (secondary N) is 2. The van der Waals surface area contributed by atoms with Crippen LogP contribution in [0.15, 0.2) is 36.4 Å². The molecule has 2 aromatic rings. The van der Waals surface area contributed by atoms with Crippen molar-refractivity contribution < 1.29 is 14.7 Å². The normalized spacial score (nSPS) is 10.2. The number of para-hydroxylation sites is 1. The predicted molar refractivity (Wildman–Crippen MR) is 121 cm³/mol. The molecule has 0 aliphatic rings. The van der Waals surface area contributed by atoms with E-state index in [-0.39, 0.29) is 32.0 Å². The molecule has 9 heteroatoms. The van der Waals surface area contributed by atoms with Crippen molar-refractivity contribution in [1.82, 2.24) is 4.90 Å². The van der Waals surface area contributed by atoms with E-state index in [0.29, 0.717) is 0 Å². The fourth-order valence-corrected chi connectivity index (χ4v) is 3.03. The number of anilines is 2. The second-order valence-corrected chi connectivity index (χ2v) is 7.04. The van der Waals surface area contributed by atoms with Gasteiger partial charge in [0.2, 0.25) is 0 Å². The van der Waals surface area contributed by atoms with Gasteiger partial charge in [0.25, 0.3) is 0 Å². The number of halogens is 3. The SMILES string of the molecule is CCN(CC)CC.O=C(Nc1cc(Cl)ccc1C(=O)O)Nc1c(Cl)cccc1Cl. The Balaban J connectivity index is 0.000000516. The smallest absolute Gasteiger partial charge is 0.337 e. The molecule has 0 radical (unpaired) electrons. The Morgan fingerprint density at radius 2 is 1.48 bits per heavy atom. The van der Waals surface area contributed by atoms with Crippen LogP contribution in [0.2, 0.25) is 15.1 Å². The van der Waals surface area contributed by atoms with Gasteiger partial charge in [-0.05, 0) is 50.0 Å². The topological polar surface area (TPSA) is 81.7 Å². The zero-order valence-corrected chi connectivity index (χ0v) is 18.7. The van der Waals surface area contributed by atoms with E-state index < -0.39 is 12.0 Å². The van der Waals surface area contributed by atoms with Gasteiger partial charge in [0.15, 0.2) is 0 Å². The number of carboxylic acids is 1. The minimum Gasteiger partial charge on any atom is -0.478 e. The number of carbonyl (C=O) groups excluding carboxylic acids is 1. The molecule has 2 aromatic carbocycles. The highest BCUT2D eigenvalue weighted by Crippen LogP contribution is 2.30. The molecular formula is C20H24Cl3N3O3. The summed E-state index contributed by atoms with van der Waals surface area (Å²) in [5.74, 6) is -1.19. The van der Waals surface area contributed by atoms with Crippen LogP contribution in [0.5, 0.6) is 0 Å². The monoisotopic (exact) mass is 459 g/mol. The Bertz CT molecular complexity index is 817. The number of hydrogen-bond acceptors (Lipinski definition) is 3. The first-order chi connectivity index (χ1) is 13.7. The fourth-order valence-electron chi connectivity index (χ4n) is 2.36. The van der Waals surface area contributed by atoms with Gasteiger partial charge in [-0.3, -0.25) is 0 Å². The number of hydrogen-bond donors (Lipinski definition) is 3. The quantitative estimate of drug-likeness (QED) is 0.470. The van der Waals surface area contributed by atoms with Crippen molar-refractivity contribution in [3.05, 3.63) is 57.0 Å². The van der Waals surface area contributed by atoms with Crippen LogP contribution in [-0.4, -0.2) is 41.6 Å². The van der Waals surface area contributed by atoms with Crippen LogP contribution in [0.3, 0.4) is 0 Å². The third-order valence-corrected chi connectivity index (χ3v) is 4.87. The summed E-state index contributed by atoms with van der Waals surface area (Å²) in [4.78, 5) is 25.5. The van der Waals surface area contributed by atoms with Crippen molar-refractivity contribution in [1.29, 1.82) is 0 Å². The first kappa shape index (κ1) is 25.0. The Morgan fingerprint density at radius 3 is 1.93 bits per heavy atom. The van der Waals surface area contributed by atoms with Crippen LogP contribution in [0.4, 0.5) is 16.2 Å². The number of amides is 2. The lowest BCUT2D eigenvalue weighted by molar-refractivity contribution is 0.0698. The molecule has 29 heavy (non-hydrogen) atoms. The van der Waals surface area contributed by atoms with E-state index in [4.69, 9.17) is 39.9 Å². The minimum atomic E-state index is -1.19. The zero-order valence-electron chi connectivity index (χ0n) is 16.4. The maximum Gasteiger partial charge on any atom is 0.337 e.